The largest absolute Gasteiger partial charge is 0.497 e. The van der Waals surface area contributed by atoms with Crippen molar-refractivity contribution in [1.82, 2.24) is 5.32 Å². The molecule has 1 aromatic carbocycles. The number of esters is 1. The Labute approximate surface area is 136 Å². The zero-order valence-corrected chi connectivity index (χ0v) is 13.7. The molecule has 0 aliphatic heterocycles. The van der Waals surface area contributed by atoms with Gasteiger partial charge in [0.25, 0.3) is 0 Å². The van der Waals surface area contributed by atoms with Gasteiger partial charge in [-0.1, -0.05) is 0 Å². The Morgan fingerprint density at radius 1 is 1.13 bits per heavy atom. The Morgan fingerprint density at radius 2 is 1.87 bits per heavy atom. The van der Waals surface area contributed by atoms with Gasteiger partial charge in [0.05, 0.1) is 38.4 Å². The average molecular weight is 318 g/mol. The quantitative estimate of drug-likeness (QED) is 0.816. The first-order valence-electron chi connectivity index (χ1n) is 7.47. The Bertz CT molecular complexity index is 606. The molecule has 0 amide bonds. The van der Waals surface area contributed by atoms with Crippen LogP contribution in [-0.4, -0.2) is 39.6 Å². The second-order valence-electron chi connectivity index (χ2n) is 5.05. The van der Waals surface area contributed by atoms with Crippen molar-refractivity contribution in [3.63, 3.8) is 0 Å². The van der Waals surface area contributed by atoms with Crippen LogP contribution in [0.3, 0.4) is 0 Å². The van der Waals surface area contributed by atoms with Crippen LogP contribution >= 0.6 is 0 Å². The number of methoxy groups -OCH3 is 3. The summed E-state index contributed by atoms with van der Waals surface area (Å²) in [6.07, 6.45) is 2.60. The number of nitrogens with zero attached hydrogens (tertiary/aromatic N) is 1. The van der Waals surface area contributed by atoms with Gasteiger partial charge < -0.3 is 19.5 Å². The minimum Gasteiger partial charge on any atom is -0.497 e. The normalized spacial score (nSPS) is 16.2. The Kier molecular flexibility index (Phi) is 6.02. The molecule has 0 atom stereocenters. The van der Waals surface area contributed by atoms with Crippen molar-refractivity contribution in [3.8, 4) is 5.75 Å². The molecule has 0 heterocycles. The average Bonchev–Trinajstić information content (AvgIpc) is 2.60. The highest BCUT2D eigenvalue weighted by atomic mass is 16.5. The summed E-state index contributed by atoms with van der Waals surface area (Å²) in [7, 11) is 4.62. The third-order valence-corrected chi connectivity index (χ3v) is 3.59. The molecule has 0 saturated carbocycles. The smallest absolute Gasteiger partial charge is 0.325 e. The van der Waals surface area contributed by atoms with Crippen molar-refractivity contribution in [1.29, 1.82) is 0 Å². The molecule has 23 heavy (non-hydrogen) atoms. The number of aliphatic imine (C=N–C) groups is 1. The maximum absolute atomic E-state index is 11.3. The second-order valence-corrected chi connectivity index (χ2v) is 5.05. The maximum atomic E-state index is 11.3. The van der Waals surface area contributed by atoms with E-state index in [1.54, 1.807) is 14.2 Å². The fourth-order valence-electron chi connectivity index (χ4n) is 2.41. The molecule has 2 rings (SSSR count). The van der Waals surface area contributed by atoms with Crippen LogP contribution in [0.5, 0.6) is 5.75 Å². The van der Waals surface area contributed by atoms with Gasteiger partial charge in [0.1, 0.15) is 12.3 Å². The predicted octanol–water partition coefficient (Wildman–Crippen LogP) is 2.57. The molecule has 124 valence electrons. The molecule has 0 saturated heterocycles. The molecule has 1 N–H and O–H groups in total. The van der Waals surface area contributed by atoms with Gasteiger partial charge in [-0.15, -0.1) is 0 Å². The van der Waals surface area contributed by atoms with E-state index in [1.807, 2.05) is 24.3 Å². The van der Waals surface area contributed by atoms with Crippen molar-refractivity contribution in [2.24, 2.45) is 4.99 Å². The topological polar surface area (TPSA) is 69.2 Å². The second kappa shape index (κ2) is 8.22. The van der Waals surface area contributed by atoms with Gasteiger partial charge in [-0.25, -0.2) is 4.99 Å². The minimum absolute atomic E-state index is 0.120. The SMILES string of the molecule is COC(=O)CNC1=C(OC)/C(=N/c2ccc(OC)cc2)CCC1. The zero-order valence-electron chi connectivity index (χ0n) is 13.7. The number of carbonyl (C=O) groups excluding carboxylic acids is 1. The molecule has 6 nitrogen and oxygen atoms in total. The van der Waals surface area contributed by atoms with Crippen molar-refractivity contribution in [2.45, 2.75) is 19.3 Å². The van der Waals surface area contributed by atoms with E-state index in [0.717, 1.165) is 42.1 Å². The van der Waals surface area contributed by atoms with E-state index in [2.05, 4.69) is 15.0 Å². The van der Waals surface area contributed by atoms with E-state index in [1.165, 1.54) is 7.11 Å². The first-order valence-corrected chi connectivity index (χ1v) is 7.47. The summed E-state index contributed by atoms with van der Waals surface area (Å²) >= 11 is 0. The van der Waals surface area contributed by atoms with Crippen LogP contribution in [0.15, 0.2) is 40.7 Å². The summed E-state index contributed by atoms with van der Waals surface area (Å²) < 4.78 is 15.3. The lowest BCUT2D eigenvalue weighted by molar-refractivity contribution is -0.139. The number of ether oxygens (including phenoxy) is 3. The molecule has 1 aliphatic carbocycles. The van der Waals surface area contributed by atoms with Gasteiger partial charge in [0.15, 0.2) is 5.76 Å². The molecule has 1 aromatic rings. The molecular weight excluding hydrogens is 296 g/mol. The first-order chi connectivity index (χ1) is 11.2. The molecule has 0 unspecified atom stereocenters. The summed E-state index contributed by atoms with van der Waals surface area (Å²) in [6, 6.07) is 7.54. The molecule has 0 aromatic heterocycles. The Morgan fingerprint density at radius 3 is 2.48 bits per heavy atom. The number of benzene rings is 1. The number of carbonyl (C=O) groups is 1. The standard InChI is InChI=1S/C17H22N2O4/c1-21-13-9-7-12(8-10-13)19-15-6-4-5-14(17(15)23-3)18-11-16(20)22-2/h7-10,18H,4-6,11H2,1-3H3/b19-15+. The fourth-order valence-corrected chi connectivity index (χ4v) is 2.41. The first kappa shape index (κ1) is 16.9. The summed E-state index contributed by atoms with van der Waals surface area (Å²) in [5.41, 5.74) is 2.59. The summed E-state index contributed by atoms with van der Waals surface area (Å²) in [5.74, 6) is 1.18. The molecule has 1 aliphatic rings. The Hall–Kier alpha value is -2.50. The van der Waals surface area contributed by atoms with Crippen molar-refractivity contribution >= 4 is 17.4 Å². The summed E-state index contributed by atoms with van der Waals surface area (Å²) in [6.45, 7) is 0.120. The van der Waals surface area contributed by atoms with Crippen LogP contribution in [0, 0.1) is 0 Å². The van der Waals surface area contributed by atoms with Crippen molar-refractivity contribution < 1.29 is 19.0 Å². The van der Waals surface area contributed by atoms with Crippen molar-refractivity contribution in [2.75, 3.05) is 27.9 Å². The number of hydrogen-bond acceptors (Lipinski definition) is 6. The van der Waals surface area contributed by atoms with E-state index in [9.17, 15) is 4.79 Å². The van der Waals surface area contributed by atoms with Gasteiger partial charge in [-0.05, 0) is 43.5 Å². The third-order valence-electron chi connectivity index (χ3n) is 3.59. The summed E-state index contributed by atoms with van der Waals surface area (Å²) in [5, 5.41) is 3.09. The third kappa shape index (κ3) is 4.48. The zero-order chi connectivity index (χ0) is 16.7. The molecule has 0 fully saturated rings. The molecule has 0 spiro atoms. The number of nitrogens with one attached hydrogen (secondary N) is 1. The molecule has 0 bridgehead atoms. The van der Waals surface area contributed by atoms with Crippen LogP contribution in [0.25, 0.3) is 0 Å². The van der Waals surface area contributed by atoms with Gasteiger partial charge in [-0.2, -0.15) is 0 Å². The highest BCUT2D eigenvalue weighted by Crippen LogP contribution is 2.25. The lowest BCUT2D eigenvalue weighted by atomic mass is 10.00. The predicted molar refractivity (Wildman–Crippen MR) is 88.0 cm³/mol. The fraction of sp³-hybridized carbons (Fsp3) is 0.412. The number of rotatable bonds is 6. The van der Waals surface area contributed by atoms with E-state index in [-0.39, 0.29) is 12.5 Å². The van der Waals surface area contributed by atoms with Gasteiger partial charge in [0, 0.05) is 0 Å². The van der Waals surface area contributed by atoms with Crippen LogP contribution < -0.4 is 10.1 Å². The van der Waals surface area contributed by atoms with E-state index in [4.69, 9.17) is 9.47 Å². The van der Waals surface area contributed by atoms with Crippen molar-refractivity contribution in [3.05, 3.63) is 35.7 Å². The molecular formula is C17H22N2O4. The molecule has 0 radical (unpaired) electrons. The Balaban J connectivity index is 2.21. The van der Waals surface area contributed by atoms with Crippen LogP contribution in [-0.2, 0) is 14.3 Å². The number of hydrogen-bond donors (Lipinski definition) is 1. The lowest BCUT2D eigenvalue weighted by Crippen LogP contribution is -2.28. The maximum Gasteiger partial charge on any atom is 0.325 e. The van der Waals surface area contributed by atoms with Crippen LogP contribution in [0.4, 0.5) is 5.69 Å². The lowest BCUT2D eigenvalue weighted by Gasteiger charge is -2.21. The monoisotopic (exact) mass is 318 g/mol. The summed E-state index contributed by atoms with van der Waals surface area (Å²) in [4.78, 5) is 16.0. The number of allylic oxidation sites excluding steroid dienone is 2. The van der Waals surface area contributed by atoms with E-state index >= 15 is 0 Å². The van der Waals surface area contributed by atoms with E-state index < -0.39 is 0 Å². The van der Waals surface area contributed by atoms with Gasteiger partial charge in [-0.3, -0.25) is 4.79 Å². The van der Waals surface area contributed by atoms with Crippen LogP contribution in [0.2, 0.25) is 0 Å². The molecule has 6 heteroatoms. The van der Waals surface area contributed by atoms with Gasteiger partial charge >= 0.3 is 5.97 Å². The highest BCUT2D eigenvalue weighted by molar-refractivity contribution is 6.01. The van der Waals surface area contributed by atoms with Crippen LogP contribution in [0.1, 0.15) is 19.3 Å². The minimum atomic E-state index is -0.313. The van der Waals surface area contributed by atoms with Gasteiger partial charge in [0.2, 0.25) is 0 Å². The van der Waals surface area contributed by atoms with E-state index in [0.29, 0.717) is 5.76 Å². The highest BCUT2D eigenvalue weighted by Gasteiger charge is 2.20.